The molecule has 7 nitrogen and oxygen atoms in total. The van der Waals surface area contributed by atoms with Crippen LogP contribution in [0.2, 0.25) is 0 Å². The number of hydrogen-bond donors (Lipinski definition) is 1. The topological polar surface area (TPSA) is 78.3 Å². The van der Waals surface area contributed by atoms with Gasteiger partial charge in [0, 0.05) is 24.2 Å². The lowest BCUT2D eigenvalue weighted by Crippen LogP contribution is -2.10. The number of amides is 1. The Morgan fingerprint density at radius 2 is 1.93 bits per heavy atom. The summed E-state index contributed by atoms with van der Waals surface area (Å²) in [5, 5.41) is 11.4. The molecular weight excluding hydrogens is 408 g/mol. The molecule has 1 aromatic carbocycles. The minimum atomic E-state index is -0.184. The first-order valence-corrected chi connectivity index (χ1v) is 10.5. The lowest BCUT2D eigenvalue weighted by atomic mass is 10.3. The summed E-state index contributed by atoms with van der Waals surface area (Å²) in [6.45, 7) is 0.387. The molecule has 3 heterocycles. The Labute approximate surface area is 175 Å². The van der Waals surface area contributed by atoms with Crippen molar-refractivity contribution < 1.29 is 14.3 Å². The van der Waals surface area contributed by atoms with Gasteiger partial charge < -0.3 is 9.47 Å². The van der Waals surface area contributed by atoms with Crippen molar-refractivity contribution in [3.8, 4) is 22.9 Å². The van der Waals surface area contributed by atoms with E-state index in [9.17, 15) is 4.79 Å². The number of anilines is 1. The number of carbonyl (C=O) groups excluding carboxylic acids is 1. The zero-order chi connectivity index (χ0) is 20.2. The minimum absolute atomic E-state index is 0.184. The second-order valence-electron chi connectivity index (χ2n) is 6.12. The first-order chi connectivity index (χ1) is 14.1. The van der Waals surface area contributed by atoms with Crippen molar-refractivity contribution in [2.24, 2.45) is 7.05 Å². The maximum absolute atomic E-state index is 12.5. The molecule has 29 heavy (non-hydrogen) atoms. The zero-order valence-corrected chi connectivity index (χ0v) is 17.4. The summed E-state index contributed by atoms with van der Waals surface area (Å²) in [4.78, 5) is 17.6. The van der Waals surface area contributed by atoms with Gasteiger partial charge >= 0.3 is 0 Å². The molecule has 0 aliphatic carbocycles. The van der Waals surface area contributed by atoms with Crippen LogP contribution >= 0.6 is 22.7 Å². The normalized spacial score (nSPS) is 10.7. The number of hydrogen-bond acceptors (Lipinski definition) is 7. The number of aromatic nitrogens is 3. The Kier molecular flexibility index (Phi) is 5.59. The number of nitrogens with one attached hydrogen (secondary N) is 1. The SMILES string of the molecule is COc1ccc(OCc2csc(C(=O)Nc3nc(-c4ccnn4C)cs3)c2)cc1. The highest BCUT2D eigenvalue weighted by molar-refractivity contribution is 7.14. The van der Waals surface area contributed by atoms with Crippen LogP contribution in [0.25, 0.3) is 11.4 Å². The van der Waals surface area contributed by atoms with Crippen molar-refractivity contribution in [1.82, 2.24) is 14.8 Å². The fourth-order valence-corrected chi connectivity index (χ4v) is 4.13. The largest absolute Gasteiger partial charge is 0.497 e. The van der Waals surface area contributed by atoms with E-state index < -0.39 is 0 Å². The summed E-state index contributed by atoms with van der Waals surface area (Å²) < 4.78 is 12.6. The van der Waals surface area contributed by atoms with Crippen molar-refractivity contribution in [1.29, 1.82) is 0 Å². The van der Waals surface area contributed by atoms with Crippen LogP contribution in [-0.4, -0.2) is 27.8 Å². The Morgan fingerprint density at radius 3 is 2.66 bits per heavy atom. The molecule has 0 saturated carbocycles. The number of nitrogens with zero attached hydrogens (tertiary/aromatic N) is 3. The fourth-order valence-electron chi connectivity index (χ4n) is 2.64. The van der Waals surface area contributed by atoms with Crippen LogP contribution < -0.4 is 14.8 Å². The maximum atomic E-state index is 12.5. The number of carbonyl (C=O) groups is 1. The monoisotopic (exact) mass is 426 g/mol. The molecule has 0 bridgehead atoms. The number of methoxy groups -OCH3 is 1. The molecule has 0 atom stereocenters. The van der Waals surface area contributed by atoms with E-state index in [4.69, 9.17) is 9.47 Å². The van der Waals surface area contributed by atoms with Crippen molar-refractivity contribution in [3.63, 3.8) is 0 Å². The highest BCUT2D eigenvalue weighted by Crippen LogP contribution is 2.26. The van der Waals surface area contributed by atoms with Crippen molar-refractivity contribution in [3.05, 3.63) is 63.8 Å². The molecular formula is C20H18N4O3S2. The molecule has 148 valence electrons. The van der Waals surface area contributed by atoms with Gasteiger partial charge in [0.25, 0.3) is 5.91 Å². The van der Waals surface area contributed by atoms with Gasteiger partial charge in [-0.15, -0.1) is 22.7 Å². The van der Waals surface area contributed by atoms with Crippen LogP contribution in [0.15, 0.2) is 53.4 Å². The molecule has 0 saturated heterocycles. The third-order valence-corrected chi connectivity index (χ3v) is 5.89. The Balaban J connectivity index is 1.36. The molecule has 0 spiro atoms. The van der Waals surface area contributed by atoms with Gasteiger partial charge in [-0.1, -0.05) is 0 Å². The number of aryl methyl sites for hydroxylation is 1. The molecule has 0 radical (unpaired) electrons. The molecule has 3 aromatic heterocycles. The minimum Gasteiger partial charge on any atom is -0.497 e. The molecule has 0 unspecified atom stereocenters. The predicted molar refractivity (Wildman–Crippen MR) is 114 cm³/mol. The molecule has 0 fully saturated rings. The zero-order valence-electron chi connectivity index (χ0n) is 15.8. The van der Waals surface area contributed by atoms with Crippen molar-refractivity contribution in [2.75, 3.05) is 12.4 Å². The van der Waals surface area contributed by atoms with Crippen LogP contribution in [0.1, 0.15) is 15.2 Å². The lowest BCUT2D eigenvalue weighted by Gasteiger charge is -2.05. The van der Waals surface area contributed by atoms with Gasteiger partial charge in [-0.05, 0) is 41.8 Å². The lowest BCUT2D eigenvalue weighted by molar-refractivity contribution is 0.103. The van der Waals surface area contributed by atoms with E-state index in [1.807, 2.05) is 54.2 Å². The van der Waals surface area contributed by atoms with E-state index >= 15 is 0 Å². The smallest absolute Gasteiger partial charge is 0.267 e. The van der Waals surface area contributed by atoms with Crippen LogP contribution in [0.3, 0.4) is 0 Å². The number of ether oxygens (including phenoxy) is 2. The van der Waals surface area contributed by atoms with Crippen LogP contribution in [0, 0.1) is 0 Å². The predicted octanol–water partition coefficient (Wildman–Crippen LogP) is 4.45. The average Bonchev–Trinajstić information content (AvgIpc) is 3.47. The molecule has 1 amide bonds. The fraction of sp³-hybridized carbons (Fsp3) is 0.150. The first kappa shape index (κ1) is 19.2. The van der Waals surface area contributed by atoms with Gasteiger partial charge in [0.1, 0.15) is 23.8 Å². The van der Waals surface area contributed by atoms with Gasteiger partial charge in [0.2, 0.25) is 0 Å². The summed E-state index contributed by atoms with van der Waals surface area (Å²) >= 11 is 2.76. The van der Waals surface area contributed by atoms with Crippen LogP contribution in [0.4, 0.5) is 5.13 Å². The van der Waals surface area contributed by atoms with Crippen molar-refractivity contribution in [2.45, 2.75) is 6.61 Å². The Morgan fingerprint density at radius 1 is 1.14 bits per heavy atom. The summed E-state index contributed by atoms with van der Waals surface area (Å²) in [6, 6.07) is 11.1. The second kappa shape index (κ2) is 8.46. The summed E-state index contributed by atoms with van der Waals surface area (Å²) in [5.74, 6) is 1.34. The van der Waals surface area contributed by atoms with Gasteiger partial charge in [-0.2, -0.15) is 5.10 Å². The Hall–Kier alpha value is -3.17. The van der Waals surface area contributed by atoms with E-state index in [0.29, 0.717) is 16.6 Å². The van der Waals surface area contributed by atoms with Gasteiger partial charge in [-0.3, -0.25) is 14.8 Å². The molecule has 4 aromatic rings. The Bertz CT molecular complexity index is 1110. The highest BCUT2D eigenvalue weighted by Gasteiger charge is 2.13. The highest BCUT2D eigenvalue weighted by atomic mass is 32.1. The summed E-state index contributed by atoms with van der Waals surface area (Å²) in [5.41, 5.74) is 2.62. The van der Waals surface area contributed by atoms with Gasteiger partial charge in [0.05, 0.1) is 17.7 Å². The van der Waals surface area contributed by atoms with Crippen LogP contribution in [-0.2, 0) is 13.7 Å². The molecule has 4 rings (SSSR count). The number of benzene rings is 1. The van der Waals surface area contributed by atoms with Crippen LogP contribution in [0.5, 0.6) is 11.5 Å². The average molecular weight is 427 g/mol. The first-order valence-electron chi connectivity index (χ1n) is 8.72. The number of thiazole rings is 1. The van der Waals surface area contributed by atoms with E-state index in [-0.39, 0.29) is 5.91 Å². The number of rotatable bonds is 7. The van der Waals surface area contributed by atoms with Gasteiger partial charge in [-0.25, -0.2) is 4.98 Å². The molecule has 0 aliphatic heterocycles. The molecule has 9 heteroatoms. The van der Waals surface area contributed by atoms with Crippen molar-refractivity contribution >= 4 is 33.7 Å². The van der Waals surface area contributed by atoms with E-state index in [0.717, 1.165) is 28.5 Å². The number of thiophene rings is 1. The third-order valence-electron chi connectivity index (χ3n) is 4.15. The standard InChI is InChI=1S/C20H18N4O3S2/c1-24-17(7-8-21-24)16-12-29-20(22-16)23-19(25)18-9-13(11-28-18)10-27-15-5-3-14(26-2)4-6-15/h3-9,11-12H,10H2,1-2H3,(H,22,23,25). The second-order valence-corrected chi connectivity index (χ2v) is 7.88. The maximum Gasteiger partial charge on any atom is 0.267 e. The molecule has 0 aliphatic rings. The van der Waals surface area contributed by atoms with E-state index in [1.165, 1.54) is 22.7 Å². The summed E-state index contributed by atoms with van der Waals surface area (Å²) in [6.07, 6.45) is 1.72. The van der Waals surface area contributed by atoms with E-state index in [1.54, 1.807) is 18.0 Å². The molecule has 1 N–H and O–H groups in total. The summed E-state index contributed by atoms with van der Waals surface area (Å²) in [7, 11) is 3.48. The van der Waals surface area contributed by atoms with Gasteiger partial charge in [0.15, 0.2) is 5.13 Å². The van der Waals surface area contributed by atoms with E-state index in [2.05, 4.69) is 15.4 Å². The quantitative estimate of drug-likeness (QED) is 0.473. The third kappa shape index (κ3) is 4.47.